The van der Waals surface area contributed by atoms with Gasteiger partial charge in [0.2, 0.25) is 0 Å². The van der Waals surface area contributed by atoms with E-state index in [9.17, 15) is 0 Å². The number of rotatable bonds is 1. The molecule has 0 saturated heterocycles. The van der Waals surface area contributed by atoms with Crippen molar-refractivity contribution >= 4 is 15.9 Å². The van der Waals surface area contributed by atoms with Crippen LogP contribution < -0.4 is 0 Å². The zero-order chi connectivity index (χ0) is 7.40. The molecule has 0 bridgehead atoms. The van der Waals surface area contributed by atoms with Gasteiger partial charge in [0.15, 0.2) is 0 Å². The minimum absolute atomic E-state index is 0.101. The molecule has 0 fully saturated rings. The van der Waals surface area contributed by atoms with E-state index in [-0.39, 0.29) is 5.92 Å². The molecule has 0 saturated carbocycles. The maximum atomic E-state index is 8.65. The van der Waals surface area contributed by atoms with Crippen LogP contribution in [-0.2, 0) is 0 Å². The van der Waals surface area contributed by atoms with E-state index in [1.54, 1.807) is 0 Å². The topological polar surface area (TPSA) is 23.8 Å². The van der Waals surface area contributed by atoms with Crippen LogP contribution in [-0.4, -0.2) is 5.33 Å². The van der Waals surface area contributed by atoms with Gasteiger partial charge in [-0.2, -0.15) is 5.26 Å². The van der Waals surface area contributed by atoms with Gasteiger partial charge in [-0.3, -0.25) is 0 Å². The maximum absolute atomic E-state index is 8.65. The average molecular weight is 198 g/mol. The molecule has 0 N–H and O–H groups in total. The minimum Gasteiger partial charge on any atom is -0.198 e. The molecule has 0 aromatic carbocycles. The van der Waals surface area contributed by atoms with Crippen LogP contribution in [0.2, 0.25) is 0 Å². The average Bonchev–Trinajstić information content (AvgIpc) is 2.04. The summed E-state index contributed by atoms with van der Waals surface area (Å²) in [6, 6.07) is 2.26. The molecule has 2 heteroatoms. The van der Waals surface area contributed by atoms with Crippen molar-refractivity contribution in [1.82, 2.24) is 0 Å². The SMILES string of the molecule is N#CC1CC=CC=C1CBr. The molecule has 1 rings (SSSR count). The largest absolute Gasteiger partial charge is 0.198 e. The van der Waals surface area contributed by atoms with Crippen molar-refractivity contribution in [2.75, 3.05) is 5.33 Å². The summed E-state index contributed by atoms with van der Waals surface area (Å²) in [7, 11) is 0. The molecule has 1 nitrogen and oxygen atoms in total. The normalized spacial score (nSPS) is 23.6. The Morgan fingerprint density at radius 3 is 3.10 bits per heavy atom. The third-order valence-corrected chi connectivity index (χ3v) is 2.22. The van der Waals surface area contributed by atoms with Crippen LogP contribution >= 0.6 is 15.9 Å². The Morgan fingerprint density at radius 1 is 1.80 bits per heavy atom. The first-order valence-electron chi connectivity index (χ1n) is 3.19. The highest BCUT2D eigenvalue weighted by Crippen LogP contribution is 2.20. The van der Waals surface area contributed by atoms with Crippen molar-refractivity contribution < 1.29 is 0 Å². The second-order valence-electron chi connectivity index (χ2n) is 2.22. The van der Waals surface area contributed by atoms with Gasteiger partial charge in [-0.1, -0.05) is 34.2 Å². The van der Waals surface area contributed by atoms with E-state index in [1.165, 1.54) is 5.57 Å². The summed E-state index contributed by atoms with van der Waals surface area (Å²) in [5.74, 6) is 0.101. The Balaban J connectivity index is 2.73. The third kappa shape index (κ3) is 1.48. The molecular formula is C8H8BrN. The number of alkyl halides is 1. The first-order chi connectivity index (χ1) is 4.88. The van der Waals surface area contributed by atoms with E-state index in [0.717, 1.165) is 11.8 Å². The summed E-state index contributed by atoms with van der Waals surface area (Å²) < 4.78 is 0. The second-order valence-corrected chi connectivity index (χ2v) is 2.78. The molecule has 0 spiro atoms. The highest BCUT2D eigenvalue weighted by Gasteiger charge is 2.11. The molecule has 0 radical (unpaired) electrons. The summed E-state index contributed by atoms with van der Waals surface area (Å²) in [6.45, 7) is 0. The Kier molecular flexibility index (Phi) is 2.70. The van der Waals surface area contributed by atoms with Crippen molar-refractivity contribution in [3.05, 3.63) is 23.8 Å². The molecule has 52 valence electrons. The predicted octanol–water partition coefficient (Wildman–Crippen LogP) is 2.41. The van der Waals surface area contributed by atoms with Crippen molar-refractivity contribution in [3.8, 4) is 6.07 Å². The van der Waals surface area contributed by atoms with Crippen molar-refractivity contribution in [3.63, 3.8) is 0 Å². The highest BCUT2D eigenvalue weighted by atomic mass is 79.9. The molecule has 0 aliphatic heterocycles. The van der Waals surface area contributed by atoms with Crippen LogP contribution in [0.25, 0.3) is 0 Å². The van der Waals surface area contributed by atoms with Crippen LogP contribution in [0.1, 0.15) is 6.42 Å². The predicted molar refractivity (Wildman–Crippen MR) is 44.7 cm³/mol. The van der Waals surface area contributed by atoms with Crippen LogP contribution in [0.3, 0.4) is 0 Å². The quantitative estimate of drug-likeness (QED) is 0.593. The summed E-state index contributed by atoms with van der Waals surface area (Å²) >= 11 is 3.34. The van der Waals surface area contributed by atoms with Gasteiger partial charge in [0.25, 0.3) is 0 Å². The fourth-order valence-corrected chi connectivity index (χ4v) is 1.52. The molecule has 0 heterocycles. The van der Waals surface area contributed by atoms with Crippen LogP contribution in [0.4, 0.5) is 0 Å². The van der Waals surface area contributed by atoms with Crippen LogP contribution in [0.5, 0.6) is 0 Å². The standard InChI is InChI=1S/C8H8BrN/c9-5-7-3-1-2-4-8(7)6-10/h1-3,8H,4-5H2. The van der Waals surface area contributed by atoms with Crippen LogP contribution in [0.15, 0.2) is 23.8 Å². The van der Waals surface area contributed by atoms with Gasteiger partial charge in [0.05, 0.1) is 12.0 Å². The van der Waals surface area contributed by atoms with Gasteiger partial charge in [0.1, 0.15) is 0 Å². The fourth-order valence-electron chi connectivity index (χ4n) is 0.947. The zero-order valence-electron chi connectivity index (χ0n) is 5.55. The lowest BCUT2D eigenvalue weighted by Gasteiger charge is -2.11. The number of hydrogen-bond acceptors (Lipinski definition) is 1. The summed E-state index contributed by atoms with van der Waals surface area (Å²) in [6.07, 6.45) is 6.91. The van der Waals surface area contributed by atoms with Gasteiger partial charge in [-0.25, -0.2) is 0 Å². The third-order valence-electron chi connectivity index (χ3n) is 1.58. The first-order valence-corrected chi connectivity index (χ1v) is 4.32. The number of hydrogen-bond donors (Lipinski definition) is 0. The monoisotopic (exact) mass is 197 g/mol. The molecule has 1 atom stereocenters. The van der Waals surface area contributed by atoms with Gasteiger partial charge in [0, 0.05) is 5.33 Å². The molecule has 1 unspecified atom stereocenters. The van der Waals surface area contributed by atoms with E-state index >= 15 is 0 Å². The molecule has 1 aliphatic rings. The van der Waals surface area contributed by atoms with Gasteiger partial charge in [-0.05, 0) is 12.0 Å². The van der Waals surface area contributed by atoms with E-state index < -0.39 is 0 Å². The first kappa shape index (κ1) is 7.56. The summed E-state index contributed by atoms with van der Waals surface area (Å²) in [4.78, 5) is 0. The molecular weight excluding hydrogens is 190 g/mol. The van der Waals surface area contributed by atoms with Crippen molar-refractivity contribution in [1.29, 1.82) is 5.26 Å². The number of allylic oxidation sites excluding steroid dienone is 4. The van der Waals surface area contributed by atoms with Crippen molar-refractivity contribution in [2.24, 2.45) is 5.92 Å². The maximum Gasteiger partial charge on any atom is 0.0718 e. The molecule has 0 amide bonds. The summed E-state index contributed by atoms with van der Waals surface area (Å²) in [5.41, 5.74) is 1.19. The van der Waals surface area contributed by atoms with Crippen LogP contribution in [0, 0.1) is 17.2 Å². The Hall–Kier alpha value is -0.550. The van der Waals surface area contributed by atoms with E-state index in [0.29, 0.717) is 0 Å². The highest BCUT2D eigenvalue weighted by molar-refractivity contribution is 9.09. The second kappa shape index (κ2) is 3.58. The van der Waals surface area contributed by atoms with E-state index in [4.69, 9.17) is 5.26 Å². The smallest absolute Gasteiger partial charge is 0.0718 e. The molecule has 0 aromatic rings. The lowest BCUT2D eigenvalue weighted by molar-refractivity contribution is 0.784. The lowest BCUT2D eigenvalue weighted by atomic mass is 9.94. The minimum atomic E-state index is 0.101. The van der Waals surface area contributed by atoms with Gasteiger partial charge >= 0.3 is 0 Å². The molecule has 1 aliphatic carbocycles. The Labute approximate surface area is 69.2 Å². The summed E-state index contributed by atoms with van der Waals surface area (Å²) in [5, 5.41) is 9.46. The lowest BCUT2D eigenvalue weighted by Crippen LogP contribution is -2.03. The zero-order valence-corrected chi connectivity index (χ0v) is 7.13. The number of nitriles is 1. The number of halogens is 1. The molecule has 0 aromatic heterocycles. The van der Waals surface area contributed by atoms with Gasteiger partial charge in [-0.15, -0.1) is 0 Å². The number of nitrogens with zero attached hydrogens (tertiary/aromatic N) is 1. The van der Waals surface area contributed by atoms with Crippen molar-refractivity contribution in [2.45, 2.75) is 6.42 Å². The Morgan fingerprint density at radius 2 is 2.60 bits per heavy atom. The van der Waals surface area contributed by atoms with Gasteiger partial charge < -0.3 is 0 Å². The van der Waals surface area contributed by atoms with E-state index in [1.807, 2.05) is 18.2 Å². The molecule has 10 heavy (non-hydrogen) atoms. The fraction of sp³-hybridized carbons (Fsp3) is 0.375. The van der Waals surface area contributed by atoms with E-state index in [2.05, 4.69) is 22.0 Å². The Bertz CT molecular complexity index is 210.